The van der Waals surface area contributed by atoms with Gasteiger partial charge in [0.15, 0.2) is 17.2 Å². The van der Waals surface area contributed by atoms with E-state index in [1.807, 2.05) is 12.1 Å². The number of methoxy groups -OCH3 is 2. The van der Waals surface area contributed by atoms with E-state index in [1.54, 1.807) is 34.3 Å². The molecular weight excluding hydrogens is 445 g/mol. The van der Waals surface area contributed by atoms with Gasteiger partial charge in [0.1, 0.15) is 0 Å². The lowest BCUT2D eigenvalue weighted by Gasteiger charge is -2.07. The van der Waals surface area contributed by atoms with E-state index in [2.05, 4.69) is 19.4 Å². The molecule has 34 heavy (non-hydrogen) atoms. The van der Waals surface area contributed by atoms with E-state index in [1.165, 1.54) is 18.3 Å². The molecule has 0 aliphatic carbocycles. The van der Waals surface area contributed by atoms with Gasteiger partial charge in [0, 0.05) is 39.8 Å². The van der Waals surface area contributed by atoms with E-state index in [0.717, 1.165) is 18.4 Å². The molecule has 2 rings (SSSR count). The Morgan fingerprint density at radius 1 is 0.912 bits per heavy atom. The summed E-state index contributed by atoms with van der Waals surface area (Å²) in [4.78, 5) is 30.1. The zero-order valence-electron chi connectivity index (χ0n) is 19.7. The molecule has 0 saturated carbocycles. The normalized spacial score (nSPS) is 9.35. The molecule has 0 aromatic carbocycles. The first-order valence-electron chi connectivity index (χ1n) is 10.5. The lowest BCUT2D eigenvalue weighted by molar-refractivity contribution is 0.0506. The molecule has 0 aliphatic rings. The summed E-state index contributed by atoms with van der Waals surface area (Å²) < 4.78 is 31.9. The molecule has 0 bridgehead atoms. The molecule has 2 aromatic heterocycles. The number of aromatic nitrogens is 2. The molecular formula is C24H38FN3O6. The maximum absolute atomic E-state index is 12.8. The van der Waals surface area contributed by atoms with Crippen molar-refractivity contribution in [3.05, 3.63) is 59.4 Å². The Labute approximate surface area is 201 Å². The van der Waals surface area contributed by atoms with Gasteiger partial charge in [-0.2, -0.15) is 0 Å². The Balaban J connectivity index is 0. The number of rotatable bonds is 10. The molecule has 0 fully saturated rings. The van der Waals surface area contributed by atoms with E-state index in [9.17, 15) is 14.0 Å². The summed E-state index contributed by atoms with van der Waals surface area (Å²) in [5, 5.41) is 0. The highest BCUT2D eigenvalue weighted by atomic mass is 19.1. The van der Waals surface area contributed by atoms with Crippen molar-refractivity contribution in [3.63, 3.8) is 0 Å². The van der Waals surface area contributed by atoms with Crippen LogP contribution in [0.1, 0.15) is 54.2 Å². The second-order valence-electron chi connectivity index (χ2n) is 6.16. The fraction of sp³-hybridized carbons (Fsp3) is 0.500. The number of nitrogens with two attached hydrogens (primary N) is 1. The van der Waals surface area contributed by atoms with Crippen LogP contribution >= 0.6 is 0 Å². The van der Waals surface area contributed by atoms with Crippen LogP contribution in [0.3, 0.4) is 0 Å². The maximum Gasteiger partial charge on any atom is 0.359 e. The van der Waals surface area contributed by atoms with E-state index in [0.29, 0.717) is 32.1 Å². The number of ether oxygens (including phenoxy) is 4. The summed E-state index contributed by atoms with van der Waals surface area (Å²) in [5.41, 5.74) is 6.08. The molecule has 192 valence electrons. The van der Waals surface area contributed by atoms with Gasteiger partial charge in [-0.15, -0.1) is 0 Å². The molecule has 0 unspecified atom stereocenters. The van der Waals surface area contributed by atoms with E-state index >= 15 is 0 Å². The molecule has 2 N–H and O–H groups in total. The summed E-state index contributed by atoms with van der Waals surface area (Å²) in [6.45, 7) is 5.99. The van der Waals surface area contributed by atoms with Crippen LogP contribution in [0, 0.1) is 5.82 Å². The number of carbonyl (C=O) groups is 2. The van der Waals surface area contributed by atoms with Crippen LogP contribution < -0.4 is 5.73 Å². The minimum atomic E-state index is -0.726. The third kappa shape index (κ3) is 14.2. The van der Waals surface area contributed by atoms with Crippen molar-refractivity contribution in [2.45, 2.75) is 34.1 Å². The number of nitrogens with zero attached hydrogens (tertiary/aromatic N) is 2. The van der Waals surface area contributed by atoms with Crippen molar-refractivity contribution >= 4 is 11.9 Å². The van der Waals surface area contributed by atoms with E-state index < -0.39 is 11.8 Å². The van der Waals surface area contributed by atoms with Gasteiger partial charge in [0.2, 0.25) is 0 Å². The van der Waals surface area contributed by atoms with E-state index in [4.69, 9.17) is 15.2 Å². The highest BCUT2D eigenvalue weighted by Crippen LogP contribution is 2.10. The molecule has 2 aromatic rings. The van der Waals surface area contributed by atoms with Crippen molar-refractivity contribution < 1.29 is 32.9 Å². The van der Waals surface area contributed by atoms with E-state index in [-0.39, 0.29) is 25.7 Å². The minimum Gasteiger partial charge on any atom is -0.461 e. The van der Waals surface area contributed by atoms with Crippen molar-refractivity contribution in [3.8, 4) is 0 Å². The van der Waals surface area contributed by atoms with Gasteiger partial charge in [-0.25, -0.2) is 23.9 Å². The van der Waals surface area contributed by atoms with Gasteiger partial charge in [0.25, 0.3) is 0 Å². The fourth-order valence-electron chi connectivity index (χ4n) is 2.28. The Hall–Kier alpha value is -2.95. The Bertz CT molecular complexity index is 806. The second-order valence-corrected chi connectivity index (χ2v) is 6.16. The number of hydrogen-bond donors (Lipinski definition) is 1. The summed E-state index contributed by atoms with van der Waals surface area (Å²) in [5.74, 6) is -1.73. The first-order chi connectivity index (χ1) is 16.0. The molecule has 0 atom stereocenters. The zero-order chi connectivity index (χ0) is 24.9. The number of halogens is 1. The van der Waals surface area contributed by atoms with Gasteiger partial charge < -0.3 is 24.7 Å². The van der Waals surface area contributed by atoms with Crippen molar-refractivity contribution in [1.29, 1.82) is 0 Å². The second kappa shape index (κ2) is 21.9. The summed E-state index contributed by atoms with van der Waals surface area (Å²) in [6, 6.07) is 6.30. The number of esters is 2. The standard InChI is InChI=1S/C12H17NO3.C8H8FNO2.C3H9NO.CH4/c1-3-16-12(14)11-10(6-4-8-13-11)7-5-9-15-2;1-2-12-8(11)7-6(9)4-3-5-10-7;1-5-3-2-4;/h4,6,8H,3,5,7,9H2,1-2H3;3-5H,2H2,1H3;2-4H2,1H3;1H4. The first-order valence-corrected chi connectivity index (χ1v) is 10.5. The van der Waals surface area contributed by atoms with Crippen LogP contribution in [0.25, 0.3) is 0 Å². The minimum absolute atomic E-state index is 0. The number of pyridine rings is 2. The third-order valence-electron chi connectivity index (χ3n) is 3.70. The van der Waals surface area contributed by atoms with Crippen LogP contribution in [0.2, 0.25) is 0 Å². The van der Waals surface area contributed by atoms with Crippen molar-refractivity contribution in [1.82, 2.24) is 9.97 Å². The molecule has 2 heterocycles. The van der Waals surface area contributed by atoms with Crippen molar-refractivity contribution in [2.24, 2.45) is 5.73 Å². The summed E-state index contributed by atoms with van der Waals surface area (Å²) in [6.07, 6.45) is 4.59. The highest BCUT2D eigenvalue weighted by Gasteiger charge is 2.13. The fourth-order valence-corrected chi connectivity index (χ4v) is 2.28. The molecule has 10 heteroatoms. The Morgan fingerprint density at radius 3 is 1.91 bits per heavy atom. The maximum atomic E-state index is 12.8. The average Bonchev–Trinajstić information content (AvgIpc) is 2.81. The predicted octanol–water partition coefficient (Wildman–Crippen LogP) is 3.46. The molecule has 0 spiro atoms. The van der Waals surface area contributed by atoms with Crippen LogP contribution in [0.4, 0.5) is 4.39 Å². The van der Waals surface area contributed by atoms with Crippen LogP contribution in [-0.2, 0) is 25.4 Å². The lowest BCUT2D eigenvalue weighted by atomic mass is 10.1. The monoisotopic (exact) mass is 483 g/mol. The molecule has 9 nitrogen and oxygen atoms in total. The van der Waals surface area contributed by atoms with Crippen LogP contribution in [-0.4, -0.2) is 69.1 Å². The molecule has 0 aliphatic heterocycles. The third-order valence-corrected chi connectivity index (χ3v) is 3.70. The van der Waals surface area contributed by atoms with Crippen molar-refractivity contribution in [2.75, 3.05) is 47.2 Å². The van der Waals surface area contributed by atoms with Gasteiger partial charge in [-0.1, -0.05) is 13.5 Å². The molecule has 0 saturated heterocycles. The van der Waals surface area contributed by atoms with Gasteiger partial charge in [-0.3, -0.25) is 0 Å². The zero-order valence-corrected chi connectivity index (χ0v) is 19.7. The topological polar surface area (TPSA) is 123 Å². The number of carbonyl (C=O) groups excluding carboxylic acids is 2. The quantitative estimate of drug-likeness (QED) is 0.400. The molecule has 0 amide bonds. The SMILES string of the molecule is C.CCOC(=O)c1ncccc1CCCOC.CCOC(=O)c1ncccc1F.COCCN. The average molecular weight is 484 g/mol. The Morgan fingerprint density at radius 2 is 1.44 bits per heavy atom. The summed E-state index contributed by atoms with van der Waals surface area (Å²) in [7, 11) is 3.29. The highest BCUT2D eigenvalue weighted by molar-refractivity contribution is 5.88. The summed E-state index contributed by atoms with van der Waals surface area (Å²) >= 11 is 0. The largest absolute Gasteiger partial charge is 0.461 e. The van der Waals surface area contributed by atoms with Gasteiger partial charge in [0.05, 0.1) is 19.8 Å². The predicted molar refractivity (Wildman–Crippen MR) is 128 cm³/mol. The number of hydrogen-bond acceptors (Lipinski definition) is 9. The van der Waals surface area contributed by atoms with Crippen LogP contribution in [0.15, 0.2) is 36.7 Å². The first kappa shape index (κ1) is 33.2. The molecule has 0 radical (unpaired) electrons. The van der Waals surface area contributed by atoms with Gasteiger partial charge >= 0.3 is 11.9 Å². The Kier molecular flexibility index (Phi) is 21.4. The number of aryl methyl sites for hydroxylation is 1. The van der Waals surface area contributed by atoms with Crippen LogP contribution in [0.5, 0.6) is 0 Å². The smallest absolute Gasteiger partial charge is 0.359 e. The van der Waals surface area contributed by atoms with Gasteiger partial charge in [-0.05, 0) is 50.5 Å². The lowest BCUT2D eigenvalue weighted by Crippen LogP contribution is -2.10.